The van der Waals surface area contributed by atoms with Crippen molar-refractivity contribution in [1.29, 1.82) is 0 Å². The quantitative estimate of drug-likeness (QED) is 0.327. The van der Waals surface area contributed by atoms with Gasteiger partial charge in [0, 0.05) is 4.75 Å². The fourth-order valence-electron chi connectivity index (χ4n) is 2.15. The van der Waals surface area contributed by atoms with Gasteiger partial charge in [0.15, 0.2) is 0 Å². The Hall–Kier alpha value is -0.560. The van der Waals surface area contributed by atoms with E-state index >= 15 is 0 Å². The van der Waals surface area contributed by atoms with Crippen molar-refractivity contribution in [2.45, 2.75) is 36.4 Å². The Bertz CT molecular complexity index is 398. The average Bonchev–Trinajstić information content (AvgIpc) is 2.45. The fourth-order valence-corrected chi connectivity index (χ4v) is 3.89. The minimum atomic E-state index is -0.665. The highest BCUT2D eigenvalue weighted by molar-refractivity contribution is 9.09. The van der Waals surface area contributed by atoms with E-state index in [2.05, 4.69) is 20.7 Å². The number of amides is 1. The minimum absolute atomic E-state index is 0.0313. The first-order chi connectivity index (χ1) is 7.86. The molecule has 0 N–H and O–H groups in total. The van der Waals surface area contributed by atoms with E-state index in [0.717, 1.165) is 0 Å². The molecule has 0 aromatic rings. The SMILES string of the molecule is CC1(C)S[C@@H]2CC(=O)N2[C@H]1C(=O)OC(=O)CBr. The summed E-state index contributed by atoms with van der Waals surface area (Å²) in [6, 6.07) is -0.665. The summed E-state index contributed by atoms with van der Waals surface area (Å²) in [6.07, 6.45) is 0.463. The molecule has 2 heterocycles. The van der Waals surface area contributed by atoms with E-state index in [1.165, 1.54) is 4.90 Å². The maximum atomic E-state index is 11.9. The molecule has 17 heavy (non-hydrogen) atoms. The van der Waals surface area contributed by atoms with E-state index in [-0.39, 0.29) is 16.6 Å². The molecular weight excluding hydrogens is 310 g/mol. The number of thioether (sulfide) groups is 1. The lowest BCUT2D eigenvalue weighted by molar-refractivity contribution is -0.167. The molecule has 0 aromatic heterocycles. The molecule has 5 nitrogen and oxygen atoms in total. The molecule has 0 saturated carbocycles. The summed E-state index contributed by atoms with van der Waals surface area (Å²) in [6.45, 7) is 3.77. The summed E-state index contributed by atoms with van der Waals surface area (Å²) >= 11 is 4.49. The largest absolute Gasteiger partial charge is 0.391 e. The van der Waals surface area contributed by atoms with Crippen molar-refractivity contribution in [3.05, 3.63) is 0 Å². The van der Waals surface area contributed by atoms with Crippen LogP contribution in [0.1, 0.15) is 20.3 Å². The summed E-state index contributed by atoms with van der Waals surface area (Å²) < 4.78 is 4.27. The predicted molar refractivity (Wildman–Crippen MR) is 65.6 cm³/mol. The number of carbonyl (C=O) groups excluding carboxylic acids is 3. The van der Waals surface area contributed by atoms with Gasteiger partial charge in [-0.2, -0.15) is 0 Å². The number of hydrogen-bond donors (Lipinski definition) is 0. The second kappa shape index (κ2) is 4.28. The molecule has 2 atom stereocenters. The third-order valence-electron chi connectivity index (χ3n) is 2.87. The number of esters is 2. The average molecular weight is 322 g/mol. The maximum Gasteiger partial charge on any atom is 0.337 e. The normalized spacial score (nSPS) is 29.6. The van der Waals surface area contributed by atoms with Crippen LogP contribution in [0.3, 0.4) is 0 Å². The second-order valence-electron chi connectivity index (χ2n) is 4.51. The van der Waals surface area contributed by atoms with E-state index in [1.54, 1.807) is 11.8 Å². The molecule has 0 unspecified atom stereocenters. The van der Waals surface area contributed by atoms with Crippen molar-refractivity contribution >= 4 is 45.5 Å². The lowest BCUT2D eigenvalue weighted by Crippen LogP contribution is -2.57. The molecule has 0 aliphatic carbocycles. The Morgan fingerprint density at radius 1 is 1.59 bits per heavy atom. The fraction of sp³-hybridized carbons (Fsp3) is 0.700. The highest BCUT2D eigenvalue weighted by Gasteiger charge is 2.59. The number of halogens is 1. The predicted octanol–water partition coefficient (Wildman–Crippen LogP) is 0.903. The van der Waals surface area contributed by atoms with Gasteiger partial charge in [-0.05, 0) is 13.8 Å². The molecule has 2 saturated heterocycles. The van der Waals surface area contributed by atoms with Gasteiger partial charge in [0.25, 0.3) is 0 Å². The Morgan fingerprint density at radius 2 is 2.24 bits per heavy atom. The van der Waals surface area contributed by atoms with Crippen LogP contribution in [-0.2, 0) is 19.1 Å². The van der Waals surface area contributed by atoms with Gasteiger partial charge < -0.3 is 9.64 Å². The number of ether oxygens (including phenoxy) is 1. The van der Waals surface area contributed by atoms with Crippen LogP contribution in [-0.4, -0.2) is 44.2 Å². The number of β-lactam (4-membered cyclic amide) rings is 1. The zero-order chi connectivity index (χ0) is 12.8. The van der Waals surface area contributed by atoms with Gasteiger partial charge in [0.1, 0.15) is 11.4 Å². The molecular formula is C10H12BrNO4S. The number of fused-ring (bicyclic) bond motifs is 1. The van der Waals surface area contributed by atoms with Gasteiger partial charge in [-0.1, -0.05) is 15.9 Å². The number of alkyl halides is 1. The molecule has 0 aromatic carbocycles. The van der Waals surface area contributed by atoms with Gasteiger partial charge in [0.2, 0.25) is 5.91 Å². The smallest absolute Gasteiger partial charge is 0.337 e. The Balaban J connectivity index is 2.15. The van der Waals surface area contributed by atoms with E-state index in [0.29, 0.717) is 6.42 Å². The van der Waals surface area contributed by atoms with Gasteiger partial charge in [0.05, 0.1) is 11.8 Å². The maximum absolute atomic E-state index is 11.9. The van der Waals surface area contributed by atoms with Crippen LogP contribution >= 0.6 is 27.7 Å². The number of carbonyl (C=O) groups is 3. The van der Waals surface area contributed by atoms with E-state index in [4.69, 9.17) is 0 Å². The summed E-state index contributed by atoms with van der Waals surface area (Å²) in [5.41, 5.74) is 0. The summed E-state index contributed by atoms with van der Waals surface area (Å²) in [4.78, 5) is 36.0. The zero-order valence-corrected chi connectivity index (χ0v) is 11.8. The first kappa shape index (κ1) is 12.9. The van der Waals surface area contributed by atoms with Crippen molar-refractivity contribution in [1.82, 2.24) is 4.90 Å². The topological polar surface area (TPSA) is 63.7 Å². The van der Waals surface area contributed by atoms with E-state index in [1.807, 2.05) is 13.8 Å². The van der Waals surface area contributed by atoms with Crippen LogP contribution < -0.4 is 0 Å². The van der Waals surface area contributed by atoms with Crippen molar-refractivity contribution in [3.8, 4) is 0 Å². The second-order valence-corrected chi connectivity index (χ2v) is 6.90. The zero-order valence-electron chi connectivity index (χ0n) is 9.44. The first-order valence-corrected chi connectivity index (χ1v) is 7.16. The molecule has 2 rings (SSSR count). The Labute approximate surface area is 111 Å². The molecule has 0 spiro atoms. The van der Waals surface area contributed by atoms with Gasteiger partial charge in [-0.3, -0.25) is 9.59 Å². The lowest BCUT2D eigenvalue weighted by atomic mass is 9.98. The summed E-state index contributed by atoms with van der Waals surface area (Å²) in [5, 5.41) is 0.0188. The summed E-state index contributed by atoms with van der Waals surface area (Å²) in [7, 11) is 0. The van der Waals surface area contributed by atoms with Gasteiger partial charge in [-0.15, -0.1) is 11.8 Å². The molecule has 2 fully saturated rings. The molecule has 0 radical (unpaired) electrons. The highest BCUT2D eigenvalue weighted by Crippen LogP contribution is 2.50. The number of rotatable bonds is 2. The lowest BCUT2D eigenvalue weighted by Gasteiger charge is -2.37. The van der Waals surface area contributed by atoms with Crippen LogP contribution in [0.5, 0.6) is 0 Å². The van der Waals surface area contributed by atoms with E-state index in [9.17, 15) is 14.4 Å². The molecule has 94 valence electrons. The van der Waals surface area contributed by atoms with Crippen LogP contribution in [0.2, 0.25) is 0 Å². The van der Waals surface area contributed by atoms with Crippen molar-refractivity contribution in [3.63, 3.8) is 0 Å². The van der Waals surface area contributed by atoms with Crippen LogP contribution in [0.15, 0.2) is 0 Å². The van der Waals surface area contributed by atoms with Crippen LogP contribution in [0.4, 0.5) is 0 Å². The van der Waals surface area contributed by atoms with Gasteiger partial charge in [-0.25, -0.2) is 4.79 Å². The molecule has 2 aliphatic rings. The minimum Gasteiger partial charge on any atom is -0.391 e. The standard InChI is InChI=1S/C10H12BrNO4S/c1-10(2)8(9(15)16-7(14)4-11)12-5(13)3-6(12)17-10/h6,8H,3-4H2,1-2H3/t6-,8+/m1/s1. The molecule has 1 amide bonds. The first-order valence-electron chi connectivity index (χ1n) is 5.16. The van der Waals surface area contributed by atoms with Crippen molar-refractivity contribution < 1.29 is 19.1 Å². The third-order valence-corrected chi connectivity index (χ3v) is 4.83. The van der Waals surface area contributed by atoms with Crippen LogP contribution in [0, 0.1) is 0 Å². The monoisotopic (exact) mass is 321 g/mol. The molecule has 7 heteroatoms. The third kappa shape index (κ3) is 2.10. The number of hydrogen-bond acceptors (Lipinski definition) is 5. The molecule has 2 aliphatic heterocycles. The summed E-state index contributed by atoms with van der Waals surface area (Å²) in [5.74, 6) is -1.32. The van der Waals surface area contributed by atoms with Crippen molar-refractivity contribution in [2.24, 2.45) is 0 Å². The van der Waals surface area contributed by atoms with E-state index < -0.39 is 22.7 Å². The molecule has 0 bridgehead atoms. The van der Waals surface area contributed by atoms with Crippen molar-refractivity contribution in [2.75, 3.05) is 5.33 Å². The highest BCUT2D eigenvalue weighted by atomic mass is 79.9. The number of nitrogens with zero attached hydrogens (tertiary/aromatic N) is 1. The Kier molecular flexibility index (Phi) is 3.24. The van der Waals surface area contributed by atoms with Gasteiger partial charge >= 0.3 is 11.9 Å². The van der Waals surface area contributed by atoms with Crippen LogP contribution in [0.25, 0.3) is 0 Å². The Morgan fingerprint density at radius 3 is 2.76 bits per heavy atom.